The van der Waals surface area contributed by atoms with Gasteiger partial charge in [-0.2, -0.15) is 13.2 Å². The van der Waals surface area contributed by atoms with Crippen LogP contribution < -0.4 is 4.90 Å². The summed E-state index contributed by atoms with van der Waals surface area (Å²) in [6, 6.07) is 2.97. The first-order valence-corrected chi connectivity index (χ1v) is 6.39. The van der Waals surface area contributed by atoms with Crippen LogP contribution in [0, 0.1) is 0 Å². The Hall–Kier alpha value is -0.750. The zero-order valence-electron chi connectivity index (χ0n) is 8.97. The van der Waals surface area contributed by atoms with E-state index in [1.54, 1.807) is 0 Å². The van der Waals surface area contributed by atoms with Crippen molar-refractivity contribution in [2.45, 2.75) is 17.4 Å². The highest BCUT2D eigenvalue weighted by molar-refractivity contribution is 9.09. The Balaban J connectivity index is 2.41. The number of rotatable bonds is 1. The van der Waals surface area contributed by atoms with Gasteiger partial charge in [-0.05, 0) is 18.2 Å². The van der Waals surface area contributed by atoms with Crippen molar-refractivity contribution in [3.63, 3.8) is 0 Å². The maximum Gasteiger partial charge on any atom is 0.416 e. The molecule has 0 spiro atoms. The van der Waals surface area contributed by atoms with Crippen molar-refractivity contribution in [1.82, 2.24) is 0 Å². The summed E-state index contributed by atoms with van der Waals surface area (Å²) in [6.45, 7) is 0.319. The molecule has 1 fully saturated rings. The van der Waals surface area contributed by atoms with Gasteiger partial charge in [-0.25, -0.2) is 0 Å². The Morgan fingerprint density at radius 3 is 2.56 bits per heavy atom. The molecule has 0 aromatic heterocycles. The number of carbonyl (C=O) groups excluding carboxylic acids is 1. The first-order chi connectivity index (χ1) is 8.29. The molecule has 1 aliphatic rings. The molecule has 2 rings (SSSR count). The van der Waals surface area contributed by atoms with Crippen molar-refractivity contribution in [2.24, 2.45) is 0 Å². The number of benzene rings is 1. The summed E-state index contributed by atoms with van der Waals surface area (Å²) < 4.78 is 37.8. The average molecular weight is 343 g/mol. The Morgan fingerprint density at radius 1 is 1.39 bits per heavy atom. The van der Waals surface area contributed by atoms with E-state index in [2.05, 4.69) is 15.9 Å². The van der Waals surface area contributed by atoms with Crippen molar-refractivity contribution < 1.29 is 18.0 Å². The van der Waals surface area contributed by atoms with Crippen molar-refractivity contribution >= 4 is 39.1 Å². The molecule has 1 unspecified atom stereocenters. The molecule has 0 aliphatic carbocycles. The molecule has 1 saturated heterocycles. The van der Waals surface area contributed by atoms with E-state index in [4.69, 9.17) is 11.6 Å². The summed E-state index contributed by atoms with van der Waals surface area (Å²) in [5.41, 5.74) is -0.703. The third-order valence-corrected chi connectivity index (χ3v) is 3.58. The molecular formula is C11H8BrClF3NO. The molecule has 1 heterocycles. The molecule has 0 saturated carbocycles. The number of hydrogen-bond acceptors (Lipinski definition) is 1. The summed E-state index contributed by atoms with van der Waals surface area (Å²) in [5.74, 6) is -0.238. The van der Waals surface area contributed by atoms with Crippen LogP contribution >= 0.6 is 27.5 Å². The Labute approximate surface area is 115 Å². The highest BCUT2D eigenvalue weighted by Crippen LogP contribution is 2.37. The van der Waals surface area contributed by atoms with Gasteiger partial charge in [-0.1, -0.05) is 27.5 Å². The van der Waals surface area contributed by atoms with E-state index >= 15 is 0 Å². The highest BCUT2D eigenvalue weighted by Gasteiger charge is 2.34. The second-order valence-electron chi connectivity index (χ2n) is 3.97. The molecule has 7 heteroatoms. The Kier molecular flexibility index (Phi) is 3.60. The zero-order valence-corrected chi connectivity index (χ0v) is 11.3. The monoisotopic (exact) mass is 341 g/mol. The molecule has 0 radical (unpaired) electrons. The largest absolute Gasteiger partial charge is 0.416 e. The summed E-state index contributed by atoms with van der Waals surface area (Å²) in [7, 11) is 0. The third kappa shape index (κ3) is 2.64. The minimum atomic E-state index is -4.45. The maximum atomic E-state index is 12.6. The molecule has 1 aliphatic heterocycles. The quantitative estimate of drug-likeness (QED) is 0.710. The first kappa shape index (κ1) is 13.7. The summed E-state index contributed by atoms with van der Waals surface area (Å²) in [5, 5.41) is 0.137. The van der Waals surface area contributed by atoms with Crippen LogP contribution in [-0.4, -0.2) is 17.3 Å². The van der Waals surface area contributed by atoms with Crippen LogP contribution in [0.1, 0.15) is 12.0 Å². The molecule has 1 atom stereocenters. The van der Waals surface area contributed by atoms with Crippen molar-refractivity contribution in [3.05, 3.63) is 28.8 Å². The smallest absolute Gasteiger partial charge is 0.310 e. The lowest BCUT2D eigenvalue weighted by molar-refractivity contribution is -0.137. The first-order valence-electron chi connectivity index (χ1n) is 5.10. The molecule has 0 bridgehead atoms. The minimum absolute atomic E-state index is 0.0596. The van der Waals surface area contributed by atoms with E-state index in [0.717, 1.165) is 18.2 Å². The van der Waals surface area contributed by atoms with Crippen LogP contribution in [0.15, 0.2) is 18.2 Å². The number of amides is 1. The predicted molar refractivity (Wildman–Crippen MR) is 66.1 cm³/mol. The topological polar surface area (TPSA) is 20.3 Å². The highest BCUT2D eigenvalue weighted by atomic mass is 79.9. The number of halogens is 5. The van der Waals surface area contributed by atoms with Crippen LogP contribution in [0.4, 0.5) is 18.9 Å². The second-order valence-corrected chi connectivity index (χ2v) is 5.67. The summed E-state index contributed by atoms with van der Waals surface area (Å²) in [4.78, 5) is 12.9. The van der Waals surface area contributed by atoms with Gasteiger partial charge in [0, 0.05) is 17.8 Å². The fraction of sp³-hybridized carbons (Fsp3) is 0.364. The van der Waals surface area contributed by atoms with E-state index in [9.17, 15) is 18.0 Å². The van der Waals surface area contributed by atoms with Gasteiger partial charge < -0.3 is 4.90 Å². The third-order valence-electron chi connectivity index (χ3n) is 2.64. The van der Waals surface area contributed by atoms with E-state index in [0.29, 0.717) is 6.54 Å². The average Bonchev–Trinajstić information content (AvgIpc) is 2.56. The van der Waals surface area contributed by atoms with E-state index in [1.165, 1.54) is 4.90 Å². The Bertz CT molecular complexity index is 492. The normalized spacial score (nSPS) is 20.6. The van der Waals surface area contributed by atoms with Crippen LogP contribution in [-0.2, 0) is 11.0 Å². The van der Waals surface area contributed by atoms with E-state index in [1.807, 2.05) is 0 Å². The zero-order chi connectivity index (χ0) is 13.5. The van der Waals surface area contributed by atoms with Gasteiger partial charge in [0.1, 0.15) is 0 Å². The standard InChI is InChI=1S/C11H8BrClF3NO/c12-7-4-10(18)17(5-7)9-3-6(11(14,15)16)1-2-8(9)13/h1-3,7H,4-5H2. The number of anilines is 1. The summed E-state index contributed by atoms with van der Waals surface area (Å²) in [6.07, 6.45) is -4.19. The summed E-state index contributed by atoms with van der Waals surface area (Å²) >= 11 is 9.13. The van der Waals surface area contributed by atoms with Gasteiger partial charge in [0.25, 0.3) is 0 Å². The molecule has 98 valence electrons. The van der Waals surface area contributed by atoms with E-state index < -0.39 is 11.7 Å². The lowest BCUT2D eigenvalue weighted by atomic mass is 10.2. The van der Waals surface area contributed by atoms with Crippen LogP contribution in [0.25, 0.3) is 0 Å². The number of hydrogen-bond donors (Lipinski definition) is 0. The van der Waals surface area contributed by atoms with E-state index in [-0.39, 0.29) is 27.9 Å². The minimum Gasteiger partial charge on any atom is -0.310 e. The van der Waals surface area contributed by atoms with Crippen molar-refractivity contribution in [2.75, 3.05) is 11.4 Å². The fourth-order valence-electron chi connectivity index (χ4n) is 1.79. The van der Waals surface area contributed by atoms with Gasteiger partial charge in [0.15, 0.2) is 0 Å². The van der Waals surface area contributed by atoms with Crippen LogP contribution in [0.3, 0.4) is 0 Å². The van der Waals surface area contributed by atoms with Gasteiger partial charge in [-0.15, -0.1) is 0 Å². The van der Waals surface area contributed by atoms with Gasteiger partial charge in [0.05, 0.1) is 16.3 Å². The van der Waals surface area contributed by atoms with Crippen molar-refractivity contribution in [3.8, 4) is 0 Å². The second kappa shape index (κ2) is 4.74. The van der Waals surface area contributed by atoms with Crippen molar-refractivity contribution in [1.29, 1.82) is 0 Å². The number of alkyl halides is 4. The van der Waals surface area contributed by atoms with Gasteiger partial charge in [-0.3, -0.25) is 4.79 Å². The SMILES string of the molecule is O=C1CC(Br)CN1c1cc(C(F)(F)F)ccc1Cl. The molecule has 1 amide bonds. The molecule has 18 heavy (non-hydrogen) atoms. The lowest BCUT2D eigenvalue weighted by Crippen LogP contribution is -2.25. The molecule has 2 nitrogen and oxygen atoms in total. The molecule has 0 N–H and O–H groups in total. The molecule has 1 aromatic rings. The van der Waals surface area contributed by atoms with Gasteiger partial charge in [0.2, 0.25) is 5.91 Å². The Morgan fingerprint density at radius 2 is 2.06 bits per heavy atom. The molecular weight excluding hydrogens is 334 g/mol. The predicted octanol–water partition coefficient (Wildman–Crippen LogP) is 3.86. The number of carbonyl (C=O) groups is 1. The maximum absolute atomic E-state index is 12.6. The lowest BCUT2D eigenvalue weighted by Gasteiger charge is -2.19. The molecule has 1 aromatic carbocycles. The van der Waals surface area contributed by atoms with Crippen LogP contribution in [0.2, 0.25) is 5.02 Å². The fourth-order valence-corrected chi connectivity index (χ4v) is 2.58. The van der Waals surface area contributed by atoms with Gasteiger partial charge >= 0.3 is 6.18 Å². The number of nitrogens with zero attached hydrogens (tertiary/aromatic N) is 1. The van der Waals surface area contributed by atoms with Crippen LogP contribution in [0.5, 0.6) is 0 Å².